The van der Waals surface area contributed by atoms with Crippen molar-refractivity contribution >= 4 is 36.0 Å². The van der Waals surface area contributed by atoms with E-state index in [4.69, 9.17) is 4.74 Å². The minimum Gasteiger partial charge on any atom is -0.465 e. The lowest BCUT2D eigenvalue weighted by Gasteiger charge is -2.17. The number of fused-ring (bicyclic) bond motifs is 2. The Kier molecular flexibility index (Phi) is 4.33. The van der Waals surface area contributed by atoms with E-state index in [1.807, 2.05) is 30.3 Å². The molecule has 0 aromatic heterocycles. The molecule has 0 radical (unpaired) electrons. The minimum atomic E-state index is -0.785. The molecule has 0 spiro atoms. The first-order chi connectivity index (χ1) is 10.2. The zero-order valence-electron chi connectivity index (χ0n) is 11.8. The van der Waals surface area contributed by atoms with Crippen molar-refractivity contribution < 1.29 is 14.3 Å². The van der Waals surface area contributed by atoms with Gasteiger partial charge < -0.3 is 4.74 Å². The predicted octanol–water partition coefficient (Wildman–Crippen LogP) is 2.95. The molecular formula is C17H17IO3. The fourth-order valence-corrected chi connectivity index (χ4v) is 5.61. The van der Waals surface area contributed by atoms with E-state index in [2.05, 4.69) is 12.2 Å². The summed E-state index contributed by atoms with van der Waals surface area (Å²) >= 11 is -0.785. The van der Waals surface area contributed by atoms with E-state index in [0.717, 1.165) is 16.4 Å². The standard InChI is InChI=1S/C17H17IO3/c1-21-17(20)15(18-13-5-3-2-4-6-13)16(19)14-10-11-7-8-12(14)9-11/h2-8,11-12,14H,9-10H2,1H3/t11-,12+,14-/m1/s1. The number of carbonyl (C=O) groups is 2. The number of rotatable bonds is 4. The Hall–Kier alpha value is -1.30. The Bertz CT molecular complexity index is 618. The molecule has 1 saturated carbocycles. The first kappa shape index (κ1) is 14.6. The summed E-state index contributed by atoms with van der Waals surface area (Å²) in [5.74, 6) is 0.413. The van der Waals surface area contributed by atoms with Gasteiger partial charge in [0.15, 0.2) is 5.78 Å². The normalized spacial score (nSPS) is 27.3. The maximum absolute atomic E-state index is 12.8. The van der Waals surface area contributed by atoms with E-state index in [1.165, 1.54) is 7.11 Å². The molecule has 3 nitrogen and oxygen atoms in total. The topological polar surface area (TPSA) is 43.4 Å². The van der Waals surface area contributed by atoms with Crippen LogP contribution < -0.4 is 0 Å². The van der Waals surface area contributed by atoms with E-state index in [1.54, 1.807) is 0 Å². The number of Topliss-reactive ketones (excluding diaryl/α,β-unsaturated/α-hetero) is 1. The van der Waals surface area contributed by atoms with E-state index in [0.29, 0.717) is 15.3 Å². The van der Waals surface area contributed by atoms with Crippen LogP contribution in [0.5, 0.6) is 0 Å². The van der Waals surface area contributed by atoms with Crippen molar-refractivity contribution in [3.63, 3.8) is 0 Å². The monoisotopic (exact) mass is 396 g/mol. The van der Waals surface area contributed by atoms with Gasteiger partial charge in [0, 0.05) is 9.49 Å². The number of methoxy groups -OCH3 is 1. The third kappa shape index (κ3) is 3.00. The van der Waals surface area contributed by atoms with Crippen molar-refractivity contribution in [1.29, 1.82) is 0 Å². The maximum atomic E-state index is 12.8. The summed E-state index contributed by atoms with van der Waals surface area (Å²) in [5.41, 5.74) is 0. The van der Waals surface area contributed by atoms with Gasteiger partial charge in [-0.1, -0.05) is 51.1 Å². The van der Waals surface area contributed by atoms with Gasteiger partial charge in [0.2, 0.25) is 0 Å². The highest BCUT2D eigenvalue weighted by Crippen LogP contribution is 2.44. The van der Waals surface area contributed by atoms with Gasteiger partial charge in [-0.3, -0.25) is 4.79 Å². The summed E-state index contributed by atoms with van der Waals surface area (Å²) in [7, 11) is 1.35. The molecule has 0 unspecified atom stereocenters. The van der Waals surface area contributed by atoms with Gasteiger partial charge in [-0.2, -0.15) is 0 Å². The fourth-order valence-electron chi connectivity index (χ4n) is 3.11. The summed E-state index contributed by atoms with van der Waals surface area (Å²) < 4.78 is 6.33. The second-order valence-electron chi connectivity index (χ2n) is 5.45. The molecule has 0 heterocycles. The second kappa shape index (κ2) is 6.22. The molecule has 2 aliphatic rings. The molecule has 2 aliphatic carbocycles. The second-order valence-corrected chi connectivity index (χ2v) is 8.31. The Balaban J connectivity index is 1.89. The Morgan fingerprint density at radius 2 is 1.90 bits per heavy atom. The van der Waals surface area contributed by atoms with Crippen LogP contribution in [0.15, 0.2) is 42.5 Å². The van der Waals surface area contributed by atoms with Crippen molar-refractivity contribution in [2.24, 2.45) is 17.8 Å². The van der Waals surface area contributed by atoms with Crippen LogP contribution >= 0.6 is 20.7 Å². The number of carbonyl (C=O) groups excluding carboxylic acids is 2. The molecular weight excluding hydrogens is 379 g/mol. The fraction of sp³-hybridized carbons (Fsp3) is 0.353. The Morgan fingerprint density at radius 3 is 2.48 bits per heavy atom. The Labute approximate surface area is 134 Å². The highest BCUT2D eigenvalue weighted by Gasteiger charge is 2.42. The first-order valence-electron chi connectivity index (χ1n) is 7.06. The molecule has 1 fully saturated rings. The van der Waals surface area contributed by atoms with Crippen LogP contribution in [0.25, 0.3) is 0 Å². The molecule has 0 saturated heterocycles. The predicted molar refractivity (Wildman–Crippen MR) is 90.0 cm³/mol. The molecule has 21 heavy (non-hydrogen) atoms. The minimum absolute atomic E-state index is 0.0162. The van der Waals surface area contributed by atoms with Crippen LogP contribution in [0.2, 0.25) is 0 Å². The number of halogens is 1. The number of benzene rings is 1. The number of allylic oxidation sites excluding steroid dienone is 2. The average Bonchev–Trinajstić information content (AvgIpc) is 3.15. The highest BCUT2D eigenvalue weighted by molar-refractivity contribution is 14.2. The van der Waals surface area contributed by atoms with Crippen molar-refractivity contribution in [1.82, 2.24) is 0 Å². The number of ketones is 1. The van der Waals surface area contributed by atoms with Gasteiger partial charge in [-0.25, -0.2) is 4.79 Å². The third-order valence-corrected chi connectivity index (χ3v) is 6.99. The van der Waals surface area contributed by atoms with Crippen LogP contribution in [0.1, 0.15) is 12.8 Å². The number of hydrogen-bond donors (Lipinski definition) is 0. The van der Waals surface area contributed by atoms with Crippen LogP contribution in [0.4, 0.5) is 0 Å². The van der Waals surface area contributed by atoms with Gasteiger partial charge in [-0.15, -0.1) is 0 Å². The molecule has 4 heteroatoms. The summed E-state index contributed by atoms with van der Waals surface area (Å²) in [6, 6.07) is 9.77. The zero-order valence-corrected chi connectivity index (χ0v) is 13.9. The van der Waals surface area contributed by atoms with Crippen LogP contribution in [0, 0.1) is 21.3 Å². The smallest absolute Gasteiger partial charge is 0.347 e. The maximum Gasteiger partial charge on any atom is 0.347 e. The quantitative estimate of drug-likeness (QED) is 0.340. The van der Waals surface area contributed by atoms with Crippen LogP contribution in [0.3, 0.4) is 0 Å². The van der Waals surface area contributed by atoms with E-state index < -0.39 is 26.7 Å². The van der Waals surface area contributed by atoms with E-state index >= 15 is 0 Å². The lowest BCUT2D eigenvalue weighted by Crippen LogP contribution is -2.31. The van der Waals surface area contributed by atoms with E-state index in [-0.39, 0.29) is 11.7 Å². The molecule has 2 bridgehead atoms. The molecule has 0 amide bonds. The molecule has 1 aromatic rings. The van der Waals surface area contributed by atoms with E-state index in [9.17, 15) is 9.59 Å². The van der Waals surface area contributed by atoms with Crippen LogP contribution in [-0.2, 0) is 14.3 Å². The molecule has 3 atom stereocenters. The molecule has 1 aromatic carbocycles. The first-order valence-corrected chi connectivity index (χ1v) is 9.22. The lowest BCUT2D eigenvalue weighted by molar-refractivity contribution is -0.133. The number of esters is 1. The largest absolute Gasteiger partial charge is 0.465 e. The number of hydrogen-bond acceptors (Lipinski definition) is 3. The van der Waals surface area contributed by atoms with Gasteiger partial charge >= 0.3 is 5.97 Å². The SMILES string of the molecule is COC(=O)C(=Ic1ccccc1)C(=O)[C@@H]1C[C@@H]2C=C[C@H]1C2. The van der Waals surface area contributed by atoms with Crippen LogP contribution in [-0.4, -0.2) is 22.4 Å². The average molecular weight is 396 g/mol. The molecule has 0 aliphatic heterocycles. The van der Waals surface area contributed by atoms with Gasteiger partial charge in [0.05, 0.1) is 7.11 Å². The Morgan fingerprint density at radius 1 is 1.14 bits per heavy atom. The number of ether oxygens (including phenoxy) is 1. The summed E-state index contributed by atoms with van der Waals surface area (Å²) in [6.45, 7) is 0. The van der Waals surface area contributed by atoms with Crippen molar-refractivity contribution in [2.45, 2.75) is 12.8 Å². The summed E-state index contributed by atoms with van der Waals surface area (Å²) in [5, 5.41) is 0. The zero-order chi connectivity index (χ0) is 14.8. The van der Waals surface area contributed by atoms with Gasteiger partial charge in [0.25, 0.3) is 0 Å². The molecule has 0 N–H and O–H groups in total. The molecule has 3 rings (SSSR count). The van der Waals surface area contributed by atoms with Crippen molar-refractivity contribution in [3.8, 4) is 0 Å². The highest BCUT2D eigenvalue weighted by atomic mass is 127. The molecule has 110 valence electrons. The van der Waals surface area contributed by atoms with Crippen molar-refractivity contribution in [2.75, 3.05) is 7.11 Å². The summed E-state index contributed by atoms with van der Waals surface area (Å²) in [4.78, 5) is 24.8. The van der Waals surface area contributed by atoms with Gasteiger partial charge in [-0.05, 0) is 36.8 Å². The summed E-state index contributed by atoms with van der Waals surface area (Å²) in [6.07, 6.45) is 6.30. The van der Waals surface area contributed by atoms with Crippen molar-refractivity contribution in [3.05, 3.63) is 46.1 Å². The van der Waals surface area contributed by atoms with Gasteiger partial charge in [0.1, 0.15) is 3.51 Å². The third-order valence-electron chi connectivity index (χ3n) is 4.13. The lowest BCUT2D eigenvalue weighted by atomic mass is 9.88.